The van der Waals surface area contributed by atoms with Crippen LogP contribution in [0.15, 0.2) is 78.0 Å². The number of nitrogens with one attached hydrogen (secondary N) is 2. The van der Waals surface area contributed by atoms with Gasteiger partial charge in [-0.1, -0.05) is 41.9 Å². The van der Waals surface area contributed by atoms with E-state index in [9.17, 15) is 24.3 Å². The molecule has 2 amide bonds. The third kappa shape index (κ3) is 11.5. The van der Waals surface area contributed by atoms with Crippen LogP contribution in [0.4, 0.5) is 5.69 Å². The highest BCUT2D eigenvalue weighted by atomic mass is 35.5. The Hall–Kier alpha value is -4.95. The zero-order valence-electron chi connectivity index (χ0n) is 32.0. The van der Waals surface area contributed by atoms with Crippen LogP contribution in [0.2, 0.25) is 5.15 Å². The Labute approximate surface area is 326 Å². The molecule has 6 rings (SSSR count). The third-order valence-electron chi connectivity index (χ3n) is 9.87. The zero-order chi connectivity index (χ0) is 39.5. The van der Waals surface area contributed by atoms with E-state index in [1.807, 2.05) is 73.9 Å². The fraction of sp³-hybridized carbons (Fsp3) is 0.415. The van der Waals surface area contributed by atoms with Gasteiger partial charge in [0.05, 0.1) is 34.9 Å². The van der Waals surface area contributed by atoms with Crippen LogP contribution in [0.3, 0.4) is 0 Å². The number of carbonyl (C=O) groups excluding carboxylic acids is 3. The van der Waals surface area contributed by atoms with Gasteiger partial charge in [0, 0.05) is 56.1 Å². The second kappa shape index (κ2) is 19.1. The molecule has 1 atom stereocenters. The molecule has 4 heterocycles. The molecule has 2 aromatic carbocycles. The van der Waals surface area contributed by atoms with Crippen molar-refractivity contribution in [1.29, 1.82) is 0 Å². The minimum atomic E-state index is -0.883. The summed E-state index contributed by atoms with van der Waals surface area (Å²) in [5.41, 5.74) is 3.20. The topological polar surface area (TPSA) is 154 Å². The van der Waals surface area contributed by atoms with Crippen LogP contribution in [-0.2, 0) is 22.6 Å². The lowest BCUT2D eigenvalue weighted by Crippen LogP contribution is -2.46. The lowest BCUT2D eigenvalue weighted by atomic mass is 9.91. The van der Waals surface area contributed by atoms with Gasteiger partial charge in [0.25, 0.3) is 11.5 Å². The Balaban J connectivity index is 0.000000211. The standard InChI is InChI=1S/C21H22ClN3O2.C20H29N5O3/c1-15-12-19(22)24-20-18(9-11-25(15)20)21(27)23-10-5-8-17(14-26)13-16-6-3-2-4-7-16;1-23(2)9-6-18(26)22-15-4-5-16-17(12-15)21-14-25(19(16)27)13-20(28)7-10-24(3)11-8-20/h2-4,6-7,9,11-12,14,17H,5,8,10,13H2,1H3,(H,23,27);4-5,12,14,28H,6-11,13H2,1-3H3,(H,22,26). The molecule has 0 radical (unpaired) electrons. The minimum absolute atomic E-state index is 0.0391. The summed E-state index contributed by atoms with van der Waals surface area (Å²) < 4.78 is 3.33. The number of aliphatic hydroxyl groups is 1. The van der Waals surface area contributed by atoms with Gasteiger partial charge in [0.1, 0.15) is 11.4 Å². The highest BCUT2D eigenvalue weighted by Crippen LogP contribution is 2.24. The van der Waals surface area contributed by atoms with Crippen LogP contribution < -0.4 is 16.2 Å². The van der Waals surface area contributed by atoms with Crippen LogP contribution in [0, 0.1) is 12.8 Å². The van der Waals surface area contributed by atoms with E-state index in [2.05, 4.69) is 25.5 Å². The molecule has 14 heteroatoms. The fourth-order valence-electron chi connectivity index (χ4n) is 6.58. The maximum Gasteiger partial charge on any atom is 0.261 e. The molecular weight excluding hydrogens is 720 g/mol. The number of aromatic nitrogens is 4. The van der Waals surface area contributed by atoms with Crippen LogP contribution in [0.25, 0.3) is 16.6 Å². The van der Waals surface area contributed by atoms with E-state index in [1.54, 1.807) is 30.3 Å². The van der Waals surface area contributed by atoms with Crippen LogP contribution in [-0.4, -0.2) is 105 Å². The van der Waals surface area contributed by atoms with Crippen molar-refractivity contribution in [3.8, 4) is 0 Å². The number of rotatable bonds is 14. The lowest BCUT2D eigenvalue weighted by Gasteiger charge is -2.36. The normalized spacial score (nSPS) is 14.7. The van der Waals surface area contributed by atoms with Crippen molar-refractivity contribution in [1.82, 2.24) is 34.1 Å². The largest absolute Gasteiger partial charge is 0.388 e. The van der Waals surface area contributed by atoms with Crippen LogP contribution in [0.1, 0.15) is 53.7 Å². The number of carbonyl (C=O) groups is 3. The molecule has 292 valence electrons. The van der Waals surface area contributed by atoms with E-state index in [0.29, 0.717) is 65.3 Å². The molecule has 0 bridgehead atoms. The molecule has 1 fully saturated rings. The number of fused-ring (bicyclic) bond motifs is 2. The summed E-state index contributed by atoms with van der Waals surface area (Å²) in [5.74, 6) is -0.300. The summed E-state index contributed by atoms with van der Waals surface area (Å²) >= 11 is 6.01. The smallest absolute Gasteiger partial charge is 0.261 e. The molecule has 13 nitrogen and oxygen atoms in total. The van der Waals surface area contributed by atoms with Crippen LogP contribution >= 0.6 is 11.6 Å². The predicted octanol–water partition coefficient (Wildman–Crippen LogP) is 4.61. The molecule has 1 saturated heterocycles. The summed E-state index contributed by atoms with van der Waals surface area (Å²) in [5, 5.41) is 17.4. The number of halogens is 1. The molecule has 5 aromatic rings. The number of amides is 2. The van der Waals surface area contributed by atoms with Gasteiger partial charge in [-0.05, 0) is 96.1 Å². The molecule has 0 saturated carbocycles. The number of benzene rings is 2. The van der Waals surface area contributed by atoms with E-state index in [1.165, 1.54) is 10.9 Å². The number of hydrogen-bond donors (Lipinski definition) is 3. The average molecular weight is 771 g/mol. The summed E-state index contributed by atoms with van der Waals surface area (Å²) in [7, 11) is 5.86. The first-order valence-corrected chi connectivity index (χ1v) is 19.0. The number of aldehydes is 1. The van der Waals surface area contributed by atoms with Gasteiger partial charge < -0.3 is 34.7 Å². The Morgan fingerprint density at radius 2 is 1.84 bits per heavy atom. The predicted molar refractivity (Wildman–Crippen MR) is 216 cm³/mol. The maximum atomic E-state index is 12.8. The highest BCUT2D eigenvalue weighted by Gasteiger charge is 2.32. The summed E-state index contributed by atoms with van der Waals surface area (Å²) in [6, 6.07) is 18.6. The molecule has 1 aliphatic heterocycles. The first-order valence-electron chi connectivity index (χ1n) is 18.6. The fourth-order valence-corrected chi connectivity index (χ4v) is 6.82. The number of likely N-dealkylation sites (tertiary alicyclic amines) is 1. The number of nitrogens with zero attached hydrogens (tertiary/aromatic N) is 6. The molecule has 0 spiro atoms. The van der Waals surface area contributed by atoms with Crippen molar-refractivity contribution < 1.29 is 19.5 Å². The number of piperidine rings is 1. The maximum absolute atomic E-state index is 12.8. The van der Waals surface area contributed by atoms with Crippen LogP contribution in [0.5, 0.6) is 0 Å². The number of anilines is 1. The second-order valence-corrected chi connectivity index (χ2v) is 15.1. The molecule has 55 heavy (non-hydrogen) atoms. The van der Waals surface area contributed by atoms with Gasteiger partial charge in [-0.3, -0.25) is 19.0 Å². The first kappa shape index (κ1) is 41.2. The molecule has 3 aromatic heterocycles. The van der Waals surface area contributed by atoms with Crippen molar-refractivity contribution in [2.75, 3.05) is 52.6 Å². The van der Waals surface area contributed by atoms with Crippen molar-refractivity contribution >= 4 is 51.9 Å². The molecule has 1 aliphatic rings. The number of aryl methyl sites for hydroxylation is 1. The quantitative estimate of drug-likeness (QED) is 0.0835. The zero-order valence-corrected chi connectivity index (χ0v) is 32.8. The molecule has 0 aliphatic carbocycles. The van der Waals surface area contributed by atoms with Crippen molar-refractivity contribution in [3.05, 3.63) is 106 Å². The van der Waals surface area contributed by atoms with E-state index in [-0.39, 0.29) is 29.8 Å². The second-order valence-electron chi connectivity index (χ2n) is 14.7. The molecule has 1 unspecified atom stereocenters. The molecule has 3 N–H and O–H groups in total. The van der Waals surface area contributed by atoms with Crippen molar-refractivity contribution in [3.63, 3.8) is 0 Å². The Bertz CT molecular complexity index is 2140. The van der Waals surface area contributed by atoms with E-state index < -0.39 is 5.60 Å². The summed E-state index contributed by atoms with van der Waals surface area (Å²) in [6.07, 6.45) is 8.16. The van der Waals surface area contributed by atoms with Gasteiger partial charge in [-0.15, -0.1) is 0 Å². The third-order valence-corrected chi connectivity index (χ3v) is 10.1. The monoisotopic (exact) mass is 770 g/mol. The lowest BCUT2D eigenvalue weighted by molar-refractivity contribution is -0.116. The minimum Gasteiger partial charge on any atom is -0.388 e. The van der Waals surface area contributed by atoms with Gasteiger partial charge >= 0.3 is 0 Å². The van der Waals surface area contributed by atoms with E-state index in [4.69, 9.17) is 11.6 Å². The van der Waals surface area contributed by atoms with Gasteiger partial charge in [-0.2, -0.15) is 0 Å². The van der Waals surface area contributed by atoms with E-state index >= 15 is 0 Å². The van der Waals surface area contributed by atoms with Gasteiger partial charge in [0.15, 0.2) is 5.65 Å². The van der Waals surface area contributed by atoms with Gasteiger partial charge in [-0.25, -0.2) is 9.97 Å². The summed E-state index contributed by atoms with van der Waals surface area (Å²) in [4.78, 5) is 61.4. The molecular formula is C41H51ClN8O5. The summed E-state index contributed by atoms with van der Waals surface area (Å²) in [6.45, 7) is 4.95. The Morgan fingerprint density at radius 3 is 2.55 bits per heavy atom. The highest BCUT2D eigenvalue weighted by molar-refractivity contribution is 6.29. The van der Waals surface area contributed by atoms with Gasteiger partial charge in [0.2, 0.25) is 5.91 Å². The Kier molecular flexibility index (Phi) is 14.3. The Morgan fingerprint density at radius 1 is 1.09 bits per heavy atom. The van der Waals surface area contributed by atoms with Crippen molar-refractivity contribution in [2.24, 2.45) is 5.92 Å². The average Bonchev–Trinajstić information content (AvgIpc) is 3.59. The van der Waals surface area contributed by atoms with E-state index in [0.717, 1.165) is 49.9 Å². The SMILES string of the molecule is CN(C)CCC(=O)Nc1ccc2c(=O)n(CC3(O)CCN(C)CC3)cnc2c1.Cc1cc(Cl)nc2c(C(=O)NCCCC(C=O)Cc3ccccc3)ccn12. The first-order chi connectivity index (χ1) is 26.3. The van der Waals surface area contributed by atoms with Crippen molar-refractivity contribution in [2.45, 2.75) is 57.6 Å². The number of hydrogen-bond acceptors (Lipinski definition) is 9.